The van der Waals surface area contributed by atoms with Crippen molar-refractivity contribution in [3.05, 3.63) is 36.0 Å². The third-order valence-electron chi connectivity index (χ3n) is 5.94. The highest BCUT2D eigenvalue weighted by Gasteiger charge is 2.33. The van der Waals surface area contributed by atoms with Crippen LogP contribution in [0.5, 0.6) is 0 Å². The lowest BCUT2D eigenvalue weighted by Crippen LogP contribution is -2.37. The van der Waals surface area contributed by atoms with E-state index in [0.29, 0.717) is 12.4 Å². The van der Waals surface area contributed by atoms with Gasteiger partial charge in [0.15, 0.2) is 0 Å². The van der Waals surface area contributed by atoms with E-state index >= 15 is 0 Å². The Balaban J connectivity index is 1.48. The fourth-order valence-electron chi connectivity index (χ4n) is 4.20. The maximum Gasteiger partial charge on any atom is 0.233 e. The SMILES string of the molecule is CCC(CC)N1C(=O)Cc2cnc(Nc3ccc(N4CCC(O)CC4)cc3)nc21. The van der Waals surface area contributed by atoms with Gasteiger partial charge >= 0.3 is 0 Å². The van der Waals surface area contributed by atoms with Gasteiger partial charge in [-0.25, -0.2) is 4.98 Å². The summed E-state index contributed by atoms with van der Waals surface area (Å²) in [6, 6.07) is 8.36. The second-order valence-corrected chi connectivity index (χ2v) is 7.84. The van der Waals surface area contributed by atoms with Crippen LogP contribution in [0, 0.1) is 0 Å². The highest BCUT2D eigenvalue weighted by atomic mass is 16.3. The Labute approximate surface area is 171 Å². The molecule has 2 aliphatic heterocycles. The van der Waals surface area contributed by atoms with Gasteiger partial charge < -0.3 is 15.3 Å². The molecule has 7 nitrogen and oxygen atoms in total. The molecule has 0 saturated carbocycles. The van der Waals surface area contributed by atoms with E-state index in [4.69, 9.17) is 0 Å². The summed E-state index contributed by atoms with van der Waals surface area (Å²) < 4.78 is 0. The number of hydrogen-bond donors (Lipinski definition) is 2. The van der Waals surface area contributed by atoms with Crippen LogP contribution in [0.25, 0.3) is 0 Å². The highest BCUT2D eigenvalue weighted by molar-refractivity contribution is 6.00. The van der Waals surface area contributed by atoms with Crippen molar-refractivity contribution in [3.8, 4) is 0 Å². The summed E-state index contributed by atoms with van der Waals surface area (Å²) in [6.45, 7) is 5.96. The van der Waals surface area contributed by atoms with Crippen molar-refractivity contribution >= 4 is 29.0 Å². The van der Waals surface area contributed by atoms with Gasteiger partial charge in [-0.15, -0.1) is 0 Å². The average molecular weight is 396 g/mol. The zero-order valence-electron chi connectivity index (χ0n) is 17.1. The Morgan fingerprint density at radius 2 is 1.86 bits per heavy atom. The Hall–Kier alpha value is -2.67. The zero-order chi connectivity index (χ0) is 20.4. The number of carbonyl (C=O) groups excluding carboxylic acids is 1. The number of anilines is 4. The van der Waals surface area contributed by atoms with Crippen molar-refractivity contribution in [2.45, 2.75) is 58.1 Å². The first-order chi connectivity index (χ1) is 14.1. The van der Waals surface area contributed by atoms with E-state index in [2.05, 4.69) is 46.2 Å². The lowest BCUT2D eigenvalue weighted by molar-refractivity contribution is -0.117. The van der Waals surface area contributed by atoms with Crippen LogP contribution >= 0.6 is 0 Å². The van der Waals surface area contributed by atoms with Gasteiger partial charge in [-0.2, -0.15) is 4.98 Å². The van der Waals surface area contributed by atoms with Crippen molar-refractivity contribution < 1.29 is 9.90 Å². The lowest BCUT2D eigenvalue weighted by Gasteiger charge is -2.31. The van der Waals surface area contributed by atoms with Gasteiger partial charge in [0.2, 0.25) is 11.9 Å². The number of rotatable bonds is 6. The van der Waals surface area contributed by atoms with Crippen LogP contribution in [0.2, 0.25) is 0 Å². The Kier molecular flexibility index (Phi) is 5.67. The van der Waals surface area contributed by atoms with Crippen LogP contribution in [-0.2, 0) is 11.2 Å². The van der Waals surface area contributed by atoms with Crippen LogP contribution in [0.3, 0.4) is 0 Å². The van der Waals surface area contributed by atoms with Crippen molar-refractivity contribution in [1.82, 2.24) is 9.97 Å². The van der Waals surface area contributed by atoms with E-state index in [0.717, 1.165) is 61.5 Å². The van der Waals surface area contributed by atoms with E-state index in [1.807, 2.05) is 17.0 Å². The minimum atomic E-state index is -0.171. The molecule has 29 heavy (non-hydrogen) atoms. The molecule has 0 bridgehead atoms. The van der Waals surface area contributed by atoms with E-state index in [1.54, 1.807) is 6.20 Å². The largest absolute Gasteiger partial charge is 0.393 e. The quantitative estimate of drug-likeness (QED) is 0.781. The van der Waals surface area contributed by atoms with Crippen LogP contribution in [0.15, 0.2) is 30.5 Å². The summed E-state index contributed by atoms with van der Waals surface area (Å²) >= 11 is 0. The molecule has 3 heterocycles. The van der Waals surface area contributed by atoms with Gasteiger partial charge in [0.25, 0.3) is 0 Å². The minimum absolute atomic E-state index is 0.108. The van der Waals surface area contributed by atoms with Crippen LogP contribution in [0.1, 0.15) is 45.1 Å². The molecular weight excluding hydrogens is 366 g/mol. The topological polar surface area (TPSA) is 81.6 Å². The van der Waals surface area contributed by atoms with E-state index in [9.17, 15) is 9.90 Å². The fourth-order valence-corrected chi connectivity index (χ4v) is 4.20. The fraction of sp³-hybridized carbons (Fsp3) is 0.500. The van der Waals surface area contributed by atoms with Crippen molar-refractivity contribution in [3.63, 3.8) is 0 Å². The molecule has 2 aromatic rings. The second kappa shape index (κ2) is 8.37. The number of benzene rings is 1. The van der Waals surface area contributed by atoms with Crippen LogP contribution < -0.4 is 15.1 Å². The number of hydrogen-bond acceptors (Lipinski definition) is 6. The molecule has 2 N–H and O–H groups in total. The standard InChI is InChI=1S/C22H29N5O2/c1-3-17(4-2)27-20(29)13-15-14-23-22(25-21(15)27)24-16-5-7-18(8-6-16)26-11-9-19(28)10-12-26/h5-8,14,17,19,28H,3-4,9-13H2,1-2H3,(H,23,24,25). The normalized spacial score (nSPS) is 17.2. The molecule has 0 spiro atoms. The van der Waals surface area contributed by atoms with Crippen LogP contribution in [-0.4, -0.2) is 46.2 Å². The summed E-state index contributed by atoms with van der Waals surface area (Å²) in [7, 11) is 0. The third kappa shape index (κ3) is 4.05. The summed E-state index contributed by atoms with van der Waals surface area (Å²) in [4.78, 5) is 25.7. The molecule has 0 unspecified atom stereocenters. The van der Waals surface area contributed by atoms with Gasteiger partial charge in [0.1, 0.15) is 5.82 Å². The van der Waals surface area contributed by atoms with Gasteiger partial charge in [0.05, 0.1) is 12.5 Å². The Bertz CT molecular complexity index is 858. The first-order valence-electron chi connectivity index (χ1n) is 10.6. The highest BCUT2D eigenvalue weighted by Crippen LogP contribution is 2.31. The third-order valence-corrected chi connectivity index (χ3v) is 5.94. The number of aromatic nitrogens is 2. The molecular formula is C22H29N5O2. The lowest BCUT2D eigenvalue weighted by atomic mass is 10.1. The van der Waals surface area contributed by atoms with E-state index in [1.165, 1.54) is 0 Å². The first-order valence-corrected chi connectivity index (χ1v) is 10.6. The number of amides is 1. The molecule has 0 atom stereocenters. The number of aliphatic hydroxyl groups excluding tert-OH is 1. The van der Waals surface area contributed by atoms with Gasteiger partial charge in [0, 0.05) is 42.3 Å². The molecule has 1 aromatic heterocycles. The number of nitrogens with one attached hydrogen (secondary N) is 1. The average Bonchev–Trinajstić information content (AvgIpc) is 3.06. The second-order valence-electron chi connectivity index (χ2n) is 7.84. The number of fused-ring (bicyclic) bond motifs is 1. The number of nitrogens with zero attached hydrogens (tertiary/aromatic N) is 4. The van der Waals surface area contributed by atoms with E-state index < -0.39 is 0 Å². The molecule has 7 heteroatoms. The van der Waals surface area contributed by atoms with Crippen molar-refractivity contribution in [2.24, 2.45) is 0 Å². The number of piperidine rings is 1. The van der Waals surface area contributed by atoms with Gasteiger partial charge in [-0.05, 0) is 49.9 Å². The maximum atomic E-state index is 12.5. The summed E-state index contributed by atoms with van der Waals surface area (Å²) in [5.41, 5.74) is 2.96. The molecule has 1 fully saturated rings. The van der Waals surface area contributed by atoms with Crippen molar-refractivity contribution in [2.75, 3.05) is 28.2 Å². The smallest absolute Gasteiger partial charge is 0.233 e. The summed E-state index contributed by atoms with van der Waals surface area (Å²) in [6.07, 6.45) is 5.41. The number of carbonyl (C=O) groups is 1. The van der Waals surface area contributed by atoms with E-state index in [-0.39, 0.29) is 18.1 Å². The van der Waals surface area contributed by atoms with Crippen molar-refractivity contribution in [1.29, 1.82) is 0 Å². The molecule has 1 amide bonds. The predicted molar refractivity (Wildman–Crippen MR) is 115 cm³/mol. The molecule has 0 aliphatic carbocycles. The summed E-state index contributed by atoms with van der Waals surface area (Å²) in [5, 5.41) is 12.9. The molecule has 2 aliphatic rings. The predicted octanol–water partition coefficient (Wildman–Crippen LogP) is 3.26. The molecule has 4 rings (SSSR count). The number of aliphatic hydroxyl groups is 1. The Morgan fingerprint density at radius 3 is 2.52 bits per heavy atom. The van der Waals surface area contributed by atoms with Gasteiger partial charge in [-0.3, -0.25) is 9.69 Å². The minimum Gasteiger partial charge on any atom is -0.393 e. The maximum absolute atomic E-state index is 12.5. The van der Waals surface area contributed by atoms with Gasteiger partial charge in [-0.1, -0.05) is 13.8 Å². The first kappa shape index (κ1) is 19.6. The molecule has 0 radical (unpaired) electrons. The molecule has 1 aromatic carbocycles. The zero-order valence-corrected chi connectivity index (χ0v) is 17.1. The van der Waals surface area contributed by atoms with Crippen LogP contribution in [0.4, 0.5) is 23.1 Å². The molecule has 154 valence electrons. The summed E-state index contributed by atoms with van der Waals surface area (Å²) in [5.74, 6) is 1.35. The monoisotopic (exact) mass is 395 g/mol. The molecule has 1 saturated heterocycles. The Morgan fingerprint density at radius 1 is 1.17 bits per heavy atom.